The summed E-state index contributed by atoms with van der Waals surface area (Å²) in [4.78, 5) is 13.6. The van der Waals surface area contributed by atoms with Crippen LogP contribution in [0.2, 0.25) is 0 Å². The number of nitrogens with one attached hydrogen (secondary N) is 2. The molecule has 0 saturated carbocycles. The second-order valence-corrected chi connectivity index (χ2v) is 8.00. The number of halogens is 2. The molecule has 5 nitrogen and oxygen atoms in total. The summed E-state index contributed by atoms with van der Waals surface area (Å²) >= 11 is 4.16. The van der Waals surface area contributed by atoms with Crippen LogP contribution in [0.25, 0.3) is 0 Å². The van der Waals surface area contributed by atoms with Crippen LogP contribution in [-0.2, 0) is 10.0 Å². The van der Waals surface area contributed by atoms with Gasteiger partial charge in [-0.3, -0.25) is 10.2 Å². The molecule has 0 fully saturated rings. The van der Waals surface area contributed by atoms with Gasteiger partial charge in [0, 0.05) is 5.56 Å². The van der Waals surface area contributed by atoms with Gasteiger partial charge in [0.05, 0.1) is 3.79 Å². The molecule has 106 valence electrons. The van der Waals surface area contributed by atoms with E-state index in [1.807, 2.05) is 4.83 Å². The summed E-state index contributed by atoms with van der Waals surface area (Å²) in [6.07, 6.45) is 0. The normalized spacial score (nSPS) is 11.3. The smallest absolute Gasteiger partial charge is 0.266 e. The van der Waals surface area contributed by atoms with E-state index in [0.717, 1.165) is 23.5 Å². The lowest BCUT2D eigenvalue weighted by atomic mass is 10.2. The molecule has 0 atom stereocenters. The van der Waals surface area contributed by atoms with Gasteiger partial charge < -0.3 is 0 Å². The molecule has 0 saturated heterocycles. The summed E-state index contributed by atoms with van der Waals surface area (Å²) in [5.41, 5.74) is 2.20. The van der Waals surface area contributed by atoms with Gasteiger partial charge in [-0.25, -0.2) is 12.8 Å². The maximum Gasteiger partial charge on any atom is 0.266 e. The van der Waals surface area contributed by atoms with Crippen molar-refractivity contribution in [3.63, 3.8) is 0 Å². The maximum absolute atomic E-state index is 12.7. The van der Waals surface area contributed by atoms with Gasteiger partial charge in [-0.05, 0) is 52.3 Å². The number of benzene rings is 1. The molecular formula is C11H8BrFN2O3S2. The van der Waals surface area contributed by atoms with Gasteiger partial charge in [-0.15, -0.1) is 16.2 Å². The SMILES string of the molecule is O=C(NNS(=O)(=O)c1ccc(Br)s1)c1ccc(F)cc1. The average molecular weight is 379 g/mol. The minimum atomic E-state index is -3.82. The van der Waals surface area contributed by atoms with Crippen molar-refractivity contribution in [3.05, 3.63) is 51.6 Å². The van der Waals surface area contributed by atoms with E-state index in [4.69, 9.17) is 0 Å². The number of carbonyl (C=O) groups is 1. The van der Waals surface area contributed by atoms with Gasteiger partial charge in [0.1, 0.15) is 10.0 Å². The molecule has 20 heavy (non-hydrogen) atoms. The summed E-state index contributed by atoms with van der Waals surface area (Å²) in [6.45, 7) is 0. The second-order valence-electron chi connectivity index (χ2n) is 3.63. The fourth-order valence-corrected chi connectivity index (χ4v) is 4.13. The van der Waals surface area contributed by atoms with Crippen LogP contribution in [0.15, 0.2) is 44.4 Å². The highest BCUT2D eigenvalue weighted by Crippen LogP contribution is 2.25. The van der Waals surface area contributed by atoms with Gasteiger partial charge in [-0.2, -0.15) is 0 Å². The predicted molar refractivity (Wildman–Crippen MR) is 76.2 cm³/mol. The van der Waals surface area contributed by atoms with E-state index in [1.54, 1.807) is 6.07 Å². The lowest BCUT2D eigenvalue weighted by Gasteiger charge is -2.06. The second kappa shape index (κ2) is 6.00. The van der Waals surface area contributed by atoms with Crippen LogP contribution in [0.3, 0.4) is 0 Å². The summed E-state index contributed by atoms with van der Waals surface area (Å²) in [5, 5.41) is 0. The highest BCUT2D eigenvalue weighted by Gasteiger charge is 2.17. The fourth-order valence-electron chi connectivity index (χ4n) is 1.28. The van der Waals surface area contributed by atoms with Crippen molar-refractivity contribution in [1.29, 1.82) is 0 Å². The third kappa shape index (κ3) is 3.63. The Morgan fingerprint density at radius 3 is 2.35 bits per heavy atom. The molecule has 0 bridgehead atoms. The minimum absolute atomic E-state index is 0.0591. The monoisotopic (exact) mass is 378 g/mol. The molecule has 0 aliphatic rings. The molecule has 2 rings (SSSR count). The number of amides is 1. The van der Waals surface area contributed by atoms with Crippen molar-refractivity contribution in [2.45, 2.75) is 4.21 Å². The summed E-state index contributed by atoms with van der Waals surface area (Å²) < 4.78 is 37.1. The van der Waals surface area contributed by atoms with Crippen molar-refractivity contribution in [1.82, 2.24) is 10.3 Å². The van der Waals surface area contributed by atoms with Crippen LogP contribution in [0, 0.1) is 5.82 Å². The molecule has 0 aliphatic carbocycles. The minimum Gasteiger partial charge on any atom is -0.273 e. The summed E-state index contributed by atoms with van der Waals surface area (Å²) in [6, 6.07) is 7.71. The first-order valence-corrected chi connectivity index (χ1v) is 8.31. The Kier molecular flexibility index (Phi) is 4.53. The maximum atomic E-state index is 12.7. The average Bonchev–Trinajstić information content (AvgIpc) is 2.84. The van der Waals surface area contributed by atoms with Crippen LogP contribution in [-0.4, -0.2) is 14.3 Å². The molecule has 0 aliphatic heterocycles. The van der Waals surface area contributed by atoms with Crippen LogP contribution in [0.5, 0.6) is 0 Å². The first-order valence-electron chi connectivity index (χ1n) is 5.21. The van der Waals surface area contributed by atoms with Gasteiger partial charge in [-0.1, -0.05) is 0 Å². The zero-order valence-electron chi connectivity index (χ0n) is 9.76. The Labute approximate surface area is 127 Å². The van der Waals surface area contributed by atoms with E-state index < -0.39 is 21.7 Å². The third-order valence-electron chi connectivity index (χ3n) is 2.22. The zero-order valence-corrected chi connectivity index (χ0v) is 13.0. The topological polar surface area (TPSA) is 75.3 Å². The number of carbonyl (C=O) groups excluding carboxylic acids is 1. The van der Waals surface area contributed by atoms with Crippen LogP contribution in [0.1, 0.15) is 10.4 Å². The van der Waals surface area contributed by atoms with Crippen LogP contribution < -0.4 is 10.3 Å². The molecule has 0 unspecified atom stereocenters. The number of hydrazine groups is 1. The molecule has 1 heterocycles. The van der Waals surface area contributed by atoms with Gasteiger partial charge in [0.25, 0.3) is 15.9 Å². The van der Waals surface area contributed by atoms with E-state index in [1.165, 1.54) is 18.2 Å². The van der Waals surface area contributed by atoms with E-state index in [9.17, 15) is 17.6 Å². The van der Waals surface area contributed by atoms with Crippen molar-refractivity contribution in [3.8, 4) is 0 Å². The Hall–Kier alpha value is -1.29. The predicted octanol–water partition coefficient (Wildman–Crippen LogP) is 2.27. The largest absolute Gasteiger partial charge is 0.273 e. The number of hydrogen-bond donors (Lipinski definition) is 2. The Bertz CT molecular complexity index is 728. The lowest BCUT2D eigenvalue weighted by molar-refractivity contribution is 0.0945. The van der Waals surface area contributed by atoms with E-state index >= 15 is 0 Å². The number of thiophene rings is 1. The number of rotatable bonds is 4. The number of sulfonamides is 1. The molecule has 2 N–H and O–H groups in total. The van der Waals surface area contributed by atoms with Crippen molar-refractivity contribution >= 4 is 43.2 Å². The van der Waals surface area contributed by atoms with Crippen molar-refractivity contribution in [2.24, 2.45) is 0 Å². The summed E-state index contributed by atoms with van der Waals surface area (Å²) in [5.74, 6) is -1.16. The Morgan fingerprint density at radius 1 is 1.15 bits per heavy atom. The van der Waals surface area contributed by atoms with Gasteiger partial charge in [0.2, 0.25) is 0 Å². The lowest BCUT2D eigenvalue weighted by Crippen LogP contribution is -2.41. The van der Waals surface area contributed by atoms with E-state index in [-0.39, 0.29) is 9.77 Å². The van der Waals surface area contributed by atoms with Gasteiger partial charge in [0.15, 0.2) is 0 Å². The Balaban J connectivity index is 2.05. The quantitative estimate of drug-likeness (QED) is 0.801. The third-order valence-corrected chi connectivity index (χ3v) is 5.58. The fraction of sp³-hybridized carbons (Fsp3) is 0. The summed E-state index contributed by atoms with van der Waals surface area (Å²) in [7, 11) is -3.82. The van der Waals surface area contributed by atoms with E-state index in [0.29, 0.717) is 3.79 Å². The molecule has 2 aromatic rings. The zero-order chi connectivity index (χ0) is 14.8. The molecule has 9 heteroatoms. The molecular weight excluding hydrogens is 371 g/mol. The molecule has 1 amide bonds. The van der Waals surface area contributed by atoms with Crippen molar-refractivity contribution in [2.75, 3.05) is 0 Å². The van der Waals surface area contributed by atoms with Gasteiger partial charge >= 0.3 is 0 Å². The highest BCUT2D eigenvalue weighted by molar-refractivity contribution is 9.11. The van der Waals surface area contributed by atoms with Crippen LogP contribution in [0.4, 0.5) is 4.39 Å². The number of hydrogen-bond acceptors (Lipinski definition) is 4. The molecule has 1 aromatic heterocycles. The van der Waals surface area contributed by atoms with Crippen molar-refractivity contribution < 1.29 is 17.6 Å². The van der Waals surface area contributed by atoms with Crippen LogP contribution >= 0.6 is 27.3 Å². The Morgan fingerprint density at radius 2 is 1.80 bits per heavy atom. The first kappa shape index (κ1) is 15.1. The first-order chi connectivity index (χ1) is 9.38. The molecule has 1 aromatic carbocycles. The highest BCUT2D eigenvalue weighted by atomic mass is 79.9. The standard InChI is InChI=1S/C11H8BrFN2O3S2/c12-9-5-6-10(19-9)20(17,18)15-14-11(16)7-1-3-8(13)4-2-7/h1-6,15H,(H,14,16). The molecule has 0 spiro atoms. The van der Waals surface area contributed by atoms with E-state index in [2.05, 4.69) is 21.4 Å². The molecule has 0 radical (unpaired) electrons.